The first kappa shape index (κ1) is 18.3. The number of sulfonamides is 1. The zero-order chi connectivity index (χ0) is 18.4. The van der Waals surface area contributed by atoms with Crippen LogP contribution in [0.25, 0.3) is 0 Å². The van der Waals surface area contributed by atoms with Crippen molar-refractivity contribution >= 4 is 33.4 Å². The van der Waals surface area contributed by atoms with Crippen LogP contribution in [-0.4, -0.2) is 58.3 Å². The molecule has 2 aliphatic heterocycles. The quantitative estimate of drug-likeness (QED) is 0.722. The summed E-state index contributed by atoms with van der Waals surface area (Å²) in [6, 6.07) is -0.225. The van der Waals surface area contributed by atoms with Crippen molar-refractivity contribution in [2.24, 2.45) is 7.05 Å². The van der Waals surface area contributed by atoms with Gasteiger partial charge < -0.3 is 0 Å². The van der Waals surface area contributed by atoms with Crippen LogP contribution in [0.4, 0.5) is 0 Å². The van der Waals surface area contributed by atoms with Gasteiger partial charge in [0.2, 0.25) is 21.8 Å². The number of aryl methyl sites for hydroxylation is 2. The SMILES string of the molecule is Cc1nn(C)c(Cl)c1S(=O)(=O)N1CCC(N2C(=O)CCCC2=O)CC1. The van der Waals surface area contributed by atoms with E-state index in [1.54, 1.807) is 14.0 Å². The summed E-state index contributed by atoms with van der Waals surface area (Å²) in [5, 5.41) is 4.15. The predicted molar refractivity (Wildman–Crippen MR) is 90.4 cm³/mol. The molecule has 2 aliphatic rings. The van der Waals surface area contributed by atoms with Crippen LogP contribution in [-0.2, 0) is 26.7 Å². The standard InChI is InChI=1S/C15H21ClN4O4S/c1-10-14(15(16)18(2)17-10)25(23,24)19-8-6-11(7-9-19)20-12(21)4-3-5-13(20)22/h11H,3-9H2,1-2H3. The third kappa shape index (κ3) is 3.20. The first-order valence-corrected chi connectivity index (χ1v) is 10.1. The number of halogens is 1. The number of hydrogen-bond acceptors (Lipinski definition) is 5. The zero-order valence-corrected chi connectivity index (χ0v) is 15.8. The van der Waals surface area contributed by atoms with E-state index in [-0.39, 0.29) is 41.0 Å². The molecule has 0 saturated carbocycles. The summed E-state index contributed by atoms with van der Waals surface area (Å²) in [5.41, 5.74) is 0.357. The second-order valence-electron chi connectivity index (χ2n) is 6.48. The molecule has 2 saturated heterocycles. The Hall–Kier alpha value is -1.45. The highest BCUT2D eigenvalue weighted by Crippen LogP contribution is 2.30. The van der Waals surface area contributed by atoms with Gasteiger partial charge in [-0.25, -0.2) is 8.42 Å². The molecule has 0 aliphatic carbocycles. The van der Waals surface area contributed by atoms with Crippen molar-refractivity contribution in [1.29, 1.82) is 0 Å². The van der Waals surface area contributed by atoms with Gasteiger partial charge in [0.1, 0.15) is 10.0 Å². The van der Waals surface area contributed by atoms with Crippen LogP contribution >= 0.6 is 11.6 Å². The van der Waals surface area contributed by atoms with Crippen LogP contribution in [0, 0.1) is 6.92 Å². The summed E-state index contributed by atoms with van der Waals surface area (Å²) in [6.07, 6.45) is 2.24. The third-order valence-electron chi connectivity index (χ3n) is 4.81. The van der Waals surface area contributed by atoms with Crippen LogP contribution in [0.5, 0.6) is 0 Å². The number of piperidine rings is 2. The van der Waals surface area contributed by atoms with E-state index in [2.05, 4.69) is 5.10 Å². The van der Waals surface area contributed by atoms with E-state index < -0.39 is 10.0 Å². The van der Waals surface area contributed by atoms with Crippen molar-refractivity contribution in [2.75, 3.05) is 13.1 Å². The average molecular weight is 389 g/mol. The van der Waals surface area contributed by atoms with Gasteiger partial charge in [0.25, 0.3) is 0 Å². The molecule has 0 radical (unpaired) electrons. The highest BCUT2D eigenvalue weighted by atomic mass is 35.5. The van der Waals surface area contributed by atoms with E-state index >= 15 is 0 Å². The summed E-state index contributed by atoms with van der Waals surface area (Å²) >= 11 is 6.10. The first-order chi connectivity index (χ1) is 11.7. The molecule has 0 N–H and O–H groups in total. The van der Waals surface area contributed by atoms with Crippen LogP contribution in [0.2, 0.25) is 5.15 Å². The number of rotatable bonds is 3. The summed E-state index contributed by atoms with van der Waals surface area (Å²) < 4.78 is 28.5. The molecule has 2 amide bonds. The van der Waals surface area contributed by atoms with Gasteiger partial charge in [0, 0.05) is 39.0 Å². The molecule has 3 heterocycles. The molecule has 0 unspecified atom stereocenters. The second-order valence-corrected chi connectivity index (χ2v) is 8.71. The molecule has 1 aromatic rings. The van der Waals surface area contributed by atoms with Gasteiger partial charge in [0.15, 0.2) is 0 Å². The van der Waals surface area contributed by atoms with Gasteiger partial charge in [-0.05, 0) is 26.2 Å². The van der Waals surface area contributed by atoms with E-state index in [0.717, 1.165) is 0 Å². The van der Waals surface area contributed by atoms with Crippen molar-refractivity contribution < 1.29 is 18.0 Å². The number of aromatic nitrogens is 2. The Balaban J connectivity index is 1.75. The minimum atomic E-state index is -3.75. The summed E-state index contributed by atoms with van der Waals surface area (Å²) in [6.45, 7) is 2.10. The lowest BCUT2D eigenvalue weighted by Crippen LogP contribution is -2.52. The van der Waals surface area contributed by atoms with Crippen molar-refractivity contribution in [2.45, 2.75) is 50.0 Å². The van der Waals surface area contributed by atoms with Crippen molar-refractivity contribution in [3.63, 3.8) is 0 Å². The van der Waals surface area contributed by atoms with Crippen molar-refractivity contribution in [1.82, 2.24) is 19.0 Å². The number of imide groups is 1. The molecule has 0 aromatic carbocycles. The highest BCUT2D eigenvalue weighted by Gasteiger charge is 2.38. The summed E-state index contributed by atoms with van der Waals surface area (Å²) in [4.78, 5) is 25.5. The van der Waals surface area contributed by atoms with Gasteiger partial charge >= 0.3 is 0 Å². The predicted octanol–water partition coefficient (Wildman–Crippen LogP) is 1.07. The van der Waals surface area contributed by atoms with Gasteiger partial charge in [-0.15, -0.1) is 0 Å². The molecule has 10 heteroatoms. The first-order valence-electron chi connectivity index (χ1n) is 8.27. The normalized spacial score (nSPS) is 21.2. The maximum atomic E-state index is 12.9. The van der Waals surface area contributed by atoms with Gasteiger partial charge in [-0.2, -0.15) is 9.40 Å². The van der Waals surface area contributed by atoms with Crippen molar-refractivity contribution in [3.8, 4) is 0 Å². The Morgan fingerprint density at radius 3 is 2.16 bits per heavy atom. The maximum Gasteiger partial charge on any atom is 0.248 e. The Morgan fingerprint density at radius 2 is 1.68 bits per heavy atom. The molecule has 0 bridgehead atoms. The molecule has 0 atom stereocenters. The summed E-state index contributed by atoms with van der Waals surface area (Å²) in [7, 11) is -2.16. The highest BCUT2D eigenvalue weighted by molar-refractivity contribution is 7.89. The van der Waals surface area contributed by atoms with E-state index in [4.69, 9.17) is 11.6 Å². The Morgan fingerprint density at radius 1 is 1.12 bits per heavy atom. The molecule has 25 heavy (non-hydrogen) atoms. The van der Waals surface area contributed by atoms with E-state index in [9.17, 15) is 18.0 Å². The molecular weight excluding hydrogens is 368 g/mol. The number of hydrogen-bond donors (Lipinski definition) is 0. The Kier molecular flexibility index (Phi) is 4.91. The van der Waals surface area contributed by atoms with Crippen LogP contribution in [0.15, 0.2) is 4.90 Å². The largest absolute Gasteiger partial charge is 0.279 e. The van der Waals surface area contributed by atoms with Gasteiger partial charge in [-0.1, -0.05) is 11.6 Å². The van der Waals surface area contributed by atoms with Crippen molar-refractivity contribution in [3.05, 3.63) is 10.8 Å². The Bertz CT molecular complexity index is 796. The van der Waals surface area contributed by atoms with Gasteiger partial charge in [0.05, 0.1) is 5.69 Å². The molecule has 0 spiro atoms. The molecule has 2 fully saturated rings. The fraction of sp³-hybridized carbons (Fsp3) is 0.667. The lowest BCUT2D eigenvalue weighted by molar-refractivity contribution is -0.151. The van der Waals surface area contributed by atoms with Crippen LogP contribution in [0.3, 0.4) is 0 Å². The number of carbonyl (C=O) groups is 2. The van der Waals surface area contributed by atoms with E-state index in [1.165, 1.54) is 13.9 Å². The number of likely N-dealkylation sites (tertiary alicyclic amines) is 1. The molecule has 1 aromatic heterocycles. The van der Waals surface area contributed by atoms with Crippen LogP contribution in [0.1, 0.15) is 37.8 Å². The van der Waals surface area contributed by atoms with E-state index in [1.807, 2.05) is 0 Å². The lowest BCUT2D eigenvalue weighted by atomic mass is 10.0. The maximum absolute atomic E-state index is 12.9. The minimum Gasteiger partial charge on any atom is -0.279 e. The third-order valence-corrected chi connectivity index (χ3v) is 7.40. The number of nitrogens with zero attached hydrogens (tertiary/aromatic N) is 4. The fourth-order valence-electron chi connectivity index (χ4n) is 3.55. The average Bonchev–Trinajstić information content (AvgIpc) is 2.80. The Labute approximate surface area is 151 Å². The van der Waals surface area contributed by atoms with Gasteiger partial charge in [-0.3, -0.25) is 19.2 Å². The zero-order valence-electron chi connectivity index (χ0n) is 14.2. The topological polar surface area (TPSA) is 92.6 Å². The monoisotopic (exact) mass is 388 g/mol. The summed E-state index contributed by atoms with van der Waals surface area (Å²) in [5.74, 6) is -0.299. The van der Waals surface area contributed by atoms with E-state index in [0.29, 0.717) is 37.8 Å². The fourth-order valence-corrected chi connectivity index (χ4v) is 5.73. The lowest BCUT2D eigenvalue weighted by Gasteiger charge is -2.38. The number of amides is 2. The molecule has 8 nitrogen and oxygen atoms in total. The smallest absolute Gasteiger partial charge is 0.248 e. The van der Waals surface area contributed by atoms with Crippen LogP contribution < -0.4 is 0 Å². The molecule has 3 rings (SSSR count). The molecular formula is C15H21ClN4O4S. The second kappa shape index (κ2) is 6.69. The minimum absolute atomic E-state index is 0.0280. The number of carbonyl (C=O) groups excluding carboxylic acids is 2. The molecule has 138 valence electrons.